The molecular weight excluding hydrogens is 386 g/mol. The zero-order valence-electron chi connectivity index (χ0n) is 18.3. The summed E-state index contributed by atoms with van der Waals surface area (Å²) in [7, 11) is 0. The maximum Gasteiger partial charge on any atom is 0.169 e. The van der Waals surface area contributed by atoms with Crippen molar-refractivity contribution in [1.29, 1.82) is 0 Å². The molecule has 0 unspecified atom stereocenters. The van der Waals surface area contributed by atoms with E-state index in [2.05, 4.69) is 63.5 Å². The number of hydrogen-bond acceptors (Lipinski definition) is 5. The van der Waals surface area contributed by atoms with Crippen LogP contribution in [0.3, 0.4) is 0 Å². The van der Waals surface area contributed by atoms with Gasteiger partial charge in [0, 0.05) is 36.8 Å². The number of morpholine rings is 1. The minimum atomic E-state index is 0.796. The zero-order valence-corrected chi connectivity index (χ0v) is 18.3. The van der Waals surface area contributed by atoms with Gasteiger partial charge in [0.2, 0.25) is 0 Å². The van der Waals surface area contributed by atoms with Crippen molar-refractivity contribution in [3.63, 3.8) is 0 Å². The van der Waals surface area contributed by atoms with Crippen molar-refractivity contribution in [3.8, 4) is 0 Å². The summed E-state index contributed by atoms with van der Waals surface area (Å²) in [6.07, 6.45) is 5.97. The van der Waals surface area contributed by atoms with Crippen molar-refractivity contribution in [2.75, 3.05) is 50.8 Å². The van der Waals surface area contributed by atoms with Gasteiger partial charge in [-0.15, -0.1) is 0 Å². The summed E-state index contributed by atoms with van der Waals surface area (Å²) in [5.41, 5.74) is 4.69. The number of aryl methyl sites for hydroxylation is 1. The van der Waals surface area contributed by atoms with E-state index in [1.54, 1.807) is 0 Å². The Morgan fingerprint density at radius 1 is 0.903 bits per heavy atom. The average molecular weight is 420 g/mol. The fourth-order valence-corrected chi connectivity index (χ4v) is 4.95. The standard InChI is InChI=1S/C26H33N3O2/c1-2-4-21(5-3-1)10-13-28-14-11-22(12-15-28)6-9-25-24-8-7-23(20-26(24)31-27-25)29-16-18-30-19-17-29/h1-5,7-8,20,22H,6,9-19H2. The molecule has 0 atom stereocenters. The average Bonchev–Trinajstić information content (AvgIpc) is 3.25. The molecule has 0 amide bonds. The molecule has 5 nitrogen and oxygen atoms in total. The highest BCUT2D eigenvalue weighted by molar-refractivity contribution is 5.83. The second kappa shape index (κ2) is 9.84. The maximum atomic E-state index is 5.70. The van der Waals surface area contributed by atoms with Gasteiger partial charge in [0.15, 0.2) is 5.58 Å². The van der Waals surface area contributed by atoms with Gasteiger partial charge in [-0.25, -0.2) is 0 Å². The number of nitrogens with zero attached hydrogens (tertiary/aromatic N) is 3. The van der Waals surface area contributed by atoms with Crippen molar-refractivity contribution < 1.29 is 9.26 Å². The Morgan fingerprint density at radius 2 is 1.71 bits per heavy atom. The summed E-state index contributed by atoms with van der Waals surface area (Å²) in [6, 6.07) is 17.4. The number of anilines is 1. The fourth-order valence-electron chi connectivity index (χ4n) is 4.95. The lowest BCUT2D eigenvalue weighted by molar-refractivity contribution is 0.122. The molecule has 0 bridgehead atoms. The van der Waals surface area contributed by atoms with Crippen LogP contribution in [-0.4, -0.2) is 56.0 Å². The Morgan fingerprint density at radius 3 is 2.52 bits per heavy atom. The van der Waals surface area contributed by atoms with E-state index >= 15 is 0 Å². The molecule has 3 aromatic rings. The molecule has 0 aliphatic carbocycles. The van der Waals surface area contributed by atoms with Gasteiger partial charge in [-0.1, -0.05) is 35.5 Å². The third kappa shape index (κ3) is 5.10. The zero-order chi connectivity index (χ0) is 20.9. The van der Waals surface area contributed by atoms with Crippen LogP contribution in [0.2, 0.25) is 0 Å². The SMILES string of the molecule is c1ccc(CCN2CCC(CCc3noc4cc(N5CCOCC5)ccc34)CC2)cc1. The topological polar surface area (TPSA) is 41.7 Å². The molecule has 0 spiro atoms. The van der Waals surface area contributed by atoms with E-state index in [0.29, 0.717) is 0 Å². The number of benzene rings is 2. The van der Waals surface area contributed by atoms with Crippen LogP contribution >= 0.6 is 0 Å². The molecule has 2 aromatic carbocycles. The largest absolute Gasteiger partial charge is 0.378 e. The van der Waals surface area contributed by atoms with E-state index in [9.17, 15) is 0 Å². The predicted molar refractivity (Wildman–Crippen MR) is 125 cm³/mol. The van der Waals surface area contributed by atoms with Crippen molar-refractivity contribution in [2.24, 2.45) is 5.92 Å². The van der Waals surface area contributed by atoms with E-state index < -0.39 is 0 Å². The minimum Gasteiger partial charge on any atom is -0.378 e. The Hall–Kier alpha value is -2.37. The Bertz CT molecular complexity index is 957. The molecule has 2 saturated heterocycles. The lowest BCUT2D eigenvalue weighted by atomic mass is 9.91. The lowest BCUT2D eigenvalue weighted by Gasteiger charge is -2.31. The summed E-state index contributed by atoms with van der Waals surface area (Å²) in [5.74, 6) is 0.798. The Balaban J connectivity index is 1.10. The molecule has 2 aliphatic rings. The Kier molecular flexibility index (Phi) is 6.51. The van der Waals surface area contributed by atoms with E-state index in [4.69, 9.17) is 9.26 Å². The molecule has 1 aromatic heterocycles. The normalized spacial score (nSPS) is 18.6. The van der Waals surface area contributed by atoms with Crippen molar-refractivity contribution in [3.05, 3.63) is 59.8 Å². The monoisotopic (exact) mass is 419 g/mol. The van der Waals surface area contributed by atoms with E-state index in [1.165, 1.54) is 55.5 Å². The second-order valence-corrected chi connectivity index (χ2v) is 8.97. The highest BCUT2D eigenvalue weighted by atomic mass is 16.5. The summed E-state index contributed by atoms with van der Waals surface area (Å²) in [4.78, 5) is 4.98. The number of fused-ring (bicyclic) bond motifs is 1. The summed E-state index contributed by atoms with van der Waals surface area (Å²) >= 11 is 0. The second-order valence-electron chi connectivity index (χ2n) is 8.97. The van der Waals surface area contributed by atoms with Crippen LogP contribution in [0.4, 0.5) is 5.69 Å². The third-order valence-corrected chi connectivity index (χ3v) is 6.96. The van der Waals surface area contributed by atoms with Crippen molar-refractivity contribution in [1.82, 2.24) is 10.1 Å². The highest BCUT2D eigenvalue weighted by Crippen LogP contribution is 2.28. The van der Waals surface area contributed by atoms with Gasteiger partial charge >= 0.3 is 0 Å². The van der Waals surface area contributed by atoms with E-state index in [0.717, 1.165) is 56.3 Å². The first-order valence-corrected chi connectivity index (χ1v) is 11.8. The van der Waals surface area contributed by atoms with Crippen LogP contribution in [0, 0.1) is 5.92 Å². The van der Waals surface area contributed by atoms with E-state index in [1.807, 2.05) is 0 Å². The third-order valence-electron chi connectivity index (χ3n) is 6.96. The van der Waals surface area contributed by atoms with Gasteiger partial charge in [-0.05, 0) is 68.8 Å². The smallest absolute Gasteiger partial charge is 0.169 e. The summed E-state index contributed by atoms with van der Waals surface area (Å²) in [5, 5.41) is 5.59. The maximum absolute atomic E-state index is 5.70. The molecule has 2 aliphatic heterocycles. The molecule has 5 heteroatoms. The molecule has 5 rings (SSSR count). The number of likely N-dealkylation sites (tertiary alicyclic amines) is 1. The lowest BCUT2D eigenvalue weighted by Crippen LogP contribution is -2.36. The molecule has 2 fully saturated rings. The molecule has 164 valence electrons. The molecule has 0 radical (unpaired) electrons. The first-order valence-electron chi connectivity index (χ1n) is 11.8. The van der Waals surface area contributed by atoms with Gasteiger partial charge in [0.25, 0.3) is 0 Å². The van der Waals surface area contributed by atoms with Crippen LogP contribution in [0.25, 0.3) is 11.0 Å². The van der Waals surface area contributed by atoms with Gasteiger partial charge in [0.1, 0.15) is 0 Å². The molecule has 31 heavy (non-hydrogen) atoms. The van der Waals surface area contributed by atoms with Gasteiger partial charge in [-0.2, -0.15) is 0 Å². The number of aromatic nitrogens is 1. The quantitative estimate of drug-likeness (QED) is 0.562. The molecule has 3 heterocycles. The number of rotatable bonds is 7. The van der Waals surface area contributed by atoms with Crippen LogP contribution in [-0.2, 0) is 17.6 Å². The molecular formula is C26H33N3O2. The number of hydrogen-bond donors (Lipinski definition) is 0. The van der Waals surface area contributed by atoms with E-state index in [-0.39, 0.29) is 0 Å². The van der Waals surface area contributed by atoms with Crippen molar-refractivity contribution >= 4 is 16.7 Å². The van der Waals surface area contributed by atoms with Crippen LogP contribution in [0.1, 0.15) is 30.5 Å². The summed E-state index contributed by atoms with van der Waals surface area (Å²) < 4.78 is 11.2. The van der Waals surface area contributed by atoms with Crippen LogP contribution in [0.15, 0.2) is 53.1 Å². The Labute approximate surface area is 185 Å². The van der Waals surface area contributed by atoms with Crippen LogP contribution in [0.5, 0.6) is 0 Å². The highest BCUT2D eigenvalue weighted by Gasteiger charge is 2.20. The fraction of sp³-hybridized carbons (Fsp3) is 0.500. The summed E-state index contributed by atoms with van der Waals surface area (Å²) in [6.45, 7) is 7.10. The van der Waals surface area contributed by atoms with Gasteiger partial charge in [-0.3, -0.25) is 0 Å². The van der Waals surface area contributed by atoms with Gasteiger partial charge < -0.3 is 19.1 Å². The van der Waals surface area contributed by atoms with Crippen LogP contribution < -0.4 is 4.90 Å². The number of piperidine rings is 1. The van der Waals surface area contributed by atoms with Crippen molar-refractivity contribution in [2.45, 2.75) is 32.1 Å². The first-order chi connectivity index (χ1) is 15.3. The molecule has 0 saturated carbocycles. The minimum absolute atomic E-state index is 0.796. The number of ether oxygens (including phenoxy) is 1. The molecule has 0 N–H and O–H groups in total. The first kappa shape index (κ1) is 20.5. The predicted octanol–water partition coefficient (Wildman–Crippen LogP) is 4.55. The van der Waals surface area contributed by atoms with Gasteiger partial charge in [0.05, 0.1) is 18.9 Å².